The quantitative estimate of drug-likeness (QED) is 0.789. The minimum absolute atomic E-state index is 0.0684. The molecular formula is C11H13FN4. The van der Waals surface area contributed by atoms with Gasteiger partial charge in [0.25, 0.3) is 0 Å². The summed E-state index contributed by atoms with van der Waals surface area (Å²) in [6, 6.07) is 7.81. The highest BCUT2D eigenvalue weighted by Gasteiger charge is 2.03. The van der Waals surface area contributed by atoms with Gasteiger partial charge in [0.15, 0.2) is 0 Å². The summed E-state index contributed by atoms with van der Waals surface area (Å²) in [4.78, 5) is 0. The van der Waals surface area contributed by atoms with Crippen LogP contribution in [-0.2, 0) is 6.42 Å². The predicted octanol–water partition coefficient (Wildman–Crippen LogP) is 1.81. The largest absolute Gasteiger partial charge is 0.251 e. The van der Waals surface area contributed by atoms with Crippen LogP contribution in [0.25, 0.3) is 5.69 Å². The average molecular weight is 220 g/mol. The van der Waals surface area contributed by atoms with Crippen LogP contribution < -0.4 is 0 Å². The zero-order valence-corrected chi connectivity index (χ0v) is 9.05. The van der Waals surface area contributed by atoms with Crippen LogP contribution in [0.4, 0.5) is 4.39 Å². The number of nitrogens with zero attached hydrogens (tertiary/aromatic N) is 4. The van der Waals surface area contributed by atoms with Gasteiger partial charge >= 0.3 is 0 Å². The summed E-state index contributed by atoms with van der Waals surface area (Å²) in [5.74, 6) is 0.0684. The van der Waals surface area contributed by atoms with E-state index in [0.717, 1.165) is 17.7 Å². The highest BCUT2D eigenvalue weighted by Crippen LogP contribution is 2.12. The van der Waals surface area contributed by atoms with Gasteiger partial charge in [0.05, 0.1) is 12.4 Å². The molecule has 0 saturated heterocycles. The van der Waals surface area contributed by atoms with Gasteiger partial charge in [0.2, 0.25) is 0 Å². The van der Waals surface area contributed by atoms with E-state index in [0.29, 0.717) is 0 Å². The van der Waals surface area contributed by atoms with Crippen LogP contribution in [0, 0.1) is 5.92 Å². The van der Waals surface area contributed by atoms with E-state index in [2.05, 4.69) is 15.5 Å². The van der Waals surface area contributed by atoms with Crippen molar-refractivity contribution < 1.29 is 4.39 Å². The maximum Gasteiger partial charge on any atom is 0.143 e. The van der Waals surface area contributed by atoms with Crippen LogP contribution in [0.1, 0.15) is 12.5 Å². The third-order valence-corrected chi connectivity index (χ3v) is 2.40. The van der Waals surface area contributed by atoms with Crippen LogP contribution in [-0.4, -0.2) is 26.9 Å². The van der Waals surface area contributed by atoms with E-state index in [1.54, 1.807) is 11.0 Å². The molecule has 4 nitrogen and oxygen atoms in total. The molecule has 0 aliphatic heterocycles. The van der Waals surface area contributed by atoms with E-state index in [1.165, 1.54) is 0 Å². The Balaban J connectivity index is 2.11. The lowest BCUT2D eigenvalue weighted by molar-refractivity contribution is 0.381. The zero-order valence-electron chi connectivity index (χ0n) is 9.05. The van der Waals surface area contributed by atoms with E-state index in [9.17, 15) is 4.39 Å². The molecule has 0 unspecified atom stereocenters. The predicted molar refractivity (Wildman–Crippen MR) is 58.0 cm³/mol. The number of alkyl halides is 1. The number of tetrazole rings is 1. The second-order valence-electron chi connectivity index (χ2n) is 3.88. The first-order valence-electron chi connectivity index (χ1n) is 5.18. The topological polar surface area (TPSA) is 43.6 Å². The first-order valence-corrected chi connectivity index (χ1v) is 5.18. The minimum atomic E-state index is -0.283. The lowest BCUT2D eigenvalue weighted by Gasteiger charge is -2.07. The third kappa shape index (κ3) is 2.42. The molecule has 0 aliphatic carbocycles. The lowest BCUT2D eigenvalue weighted by atomic mass is 10.0. The van der Waals surface area contributed by atoms with E-state index in [1.807, 2.05) is 31.2 Å². The fourth-order valence-corrected chi connectivity index (χ4v) is 1.52. The number of hydrogen-bond donors (Lipinski definition) is 0. The van der Waals surface area contributed by atoms with Crippen molar-refractivity contribution in [2.45, 2.75) is 13.3 Å². The lowest BCUT2D eigenvalue weighted by Crippen LogP contribution is -2.02. The van der Waals surface area contributed by atoms with E-state index >= 15 is 0 Å². The van der Waals surface area contributed by atoms with Gasteiger partial charge in [-0.3, -0.25) is 4.39 Å². The first kappa shape index (κ1) is 10.7. The summed E-state index contributed by atoms with van der Waals surface area (Å²) in [6.07, 6.45) is 2.30. The molecule has 2 aromatic rings. The van der Waals surface area contributed by atoms with Gasteiger partial charge in [0.1, 0.15) is 6.33 Å². The Morgan fingerprint density at radius 1 is 1.31 bits per heavy atom. The molecule has 0 bridgehead atoms. The molecular weight excluding hydrogens is 207 g/mol. The number of halogens is 1. The Morgan fingerprint density at radius 2 is 2.06 bits per heavy atom. The van der Waals surface area contributed by atoms with Crippen LogP contribution >= 0.6 is 0 Å². The zero-order chi connectivity index (χ0) is 11.4. The Bertz CT molecular complexity index is 424. The Morgan fingerprint density at radius 3 is 2.62 bits per heavy atom. The molecule has 0 radical (unpaired) electrons. The van der Waals surface area contributed by atoms with Crippen LogP contribution in [0.5, 0.6) is 0 Å². The summed E-state index contributed by atoms with van der Waals surface area (Å²) in [7, 11) is 0. The van der Waals surface area contributed by atoms with Crippen molar-refractivity contribution in [3.05, 3.63) is 36.2 Å². The molecule has 0 amide bonds. The highest BCUT2D eigenvalue weighted by molar-refractivity contribution is 5.33. The number of aromatic nitrogens is 4. The summed E-state index contributed by atoms with van der Waals surface area (Å²) in [5.41, 5.74) is 2.03. The molecule has 16 heavy (non-hydrogen) atoms. The maximum atomic E-state index is 12.3. The van der Waals surface area contributed by atoms with Crippen molar-refractivity contribution in [3.63, 3.8) is 0 Å². The summed E-state index contributed by atoms with van der Waals surface area (Å²) >= 11 is 0. The van der Waals surface area contributed by atoms with Crippen molar-refractivity contribution in [2.24, 2.45) is 5.92 Å². The van der Waals surface area contributed by atoms with Gasteiger partial charge in [-0.15, -0.1) is 5.10 Å². The van der Waals surface area contributed by atoms with Crippen LogP contribution in [0.15, 0.2) is 30.6 Å². The second kappa shape index (κ2) is 4.83. The van der Waals surface area contributed by atoms with E-state index in [4.69, 9.17) is 0 Å². The number of hydrogen-bond acceptors (Lipinski definition) is 3. The van der Waals surface area contributed by atoms with Crippen LogP contribution in [0.2, 0.25) is 0 Å². The minimum Gasteiger partial charge on any atom is -0.251 e. The third-order valence-electron chi connectivity index (χ3n) is 2.40. The Labute approximate surface area is 93.1 Å². The van der Waals surface area contributed by atoms with Crippen molar-refractivity contribution in [1.29, 1.82) is 0 Å². The van der Waals surface area contributed by atoms with Crippen molar-refractivity contribution in [1.82, 2.24) is 20.2 Å². The fraction of sp³-hybridized carbons (Fsp3) is 0.364. The fourth-order valence-electron chi connectivity index (χ4n) is 1.52. The molecule has 0 fully saturated rings. The molecule has 2 rings (SSSR count). The molecule has 1 aromatic heterocycles. The molecule has 1 aromatic carbocycles. The number of benzene rings is 1. The molecule has 5 heteroatoms. The molecule has 84 valence electrons. The molecule has 1 atom stereocenters. The molecule has 0 saturated carbocycles. The molecule has 0 aliphatic rings. The monoisotopic (exact) mass is 220 g/mol. The van der Waals surface area contributed by atoms with Gasteiger partial charge < -0.3 is 0 Å². The Kier molecular flexibility index (Phi) is 3.24. The smallest absolute Gasteiger partial charge is 0.143 e. The van der Waals surface area contributed by atoms with Gasteiger partial charge in [-0.2, -0.15) is 0 Å². The standard InChI is InChI=1S/C11H13FN4/c1-9(7-12)6-10-2-4-11(5-3-10)16-8-13-14-15-16/h2-5,8-9H,6-7H2,1H3/t9-/m0/s1. The maximum absolute atomic E-state index is 12.3. The summed E-state index contributed by atoms with van der Waals surface area (Å²) in [5, 5.41) is 10.9. The summed E-state index contributed by atoms with van der Waals surface area (Å²) in [6.45, 7) is 1.62. The van der Waals surface area contributed by atoms with Crippen molar-refractivity contribution >= 4 is 0 Å². The van der Waals surface area contributed by atoms with E-state index in [-0.39, 0.29) is 12.6 Å². The van der Waals surface area contributed by atoms with Crippen LogP contribution in [0.3, 0.4) is 0 Å². The van der Waals surface area contributed by atoms with E-state index < -0.39 is 0 Å². The van der Waals surface area contributed by atoms with Gasteiger partial charge in [-0.05, 0) is 40.5 Å². The SMILES string of the molecule is C[C@H](CF)Cc1ccc(-n2cnnn2)cc1. The second-order valence-corrected chi connectivity index (χ2v) is 3.88. The molecule has 1 heterocycles. The van der Waals surface area contributed by atoms with Gasteiger partial charge in [-0.1, -0.05) is 19.1 Å². The summed E-state index contributed by atoms with van der Waals surface area (Å²) < 4.78 is 13.9. The Hall–Kier alpha value is -1.78. The van der Waals surface area contributed by atoms with Gasteiger partial charge in [-0.25, -0.2) is 4.68 Å². The number of rotatable bonds is 4. The normalized spacial score (nSPS) is 12.6. The van der Waals surface area contributed by atoms with Crippen molar-refractivity contribution in [3.8, 4) is 5.69 Å². The van der Waals surface area contributed by atoms with Crippen molar-refractivity contribution in [2.75, 3.05) is 6.67 Å². The average Bonchev–Trinajstić information content (AvgIpc) is 2.83. The molecule has 0 N–H and O–H groups in total. The first-order chi connectivity index (χ1) is 7.79. The molecule has 0 spiro atoms. The highest BCUT2D eigenvalue weighted by atomic mass is 19.1. The van der Waals surface area contributed by atoms with Gasteiger partial charge in [0, 0.05) is 0 Å².